The Morgan fingerprint density at radius 2 is 1.60 bits per heavy atom. The van der Waals surface area contributed by atoms with Gasteiger partial charge in [0, 0.05) is 6.04 Å². The predicted octanol–water partition coefficient (Wildman–Crippen LogP) is 4.80. The van der Waals surface area contributed by atoms with Crippen molar-refractivity contribution in [1.29, 1.82) is 0 Å². The van der Waals surface area contributed by atoms with Crippen molar-refractivity contribution in [3.63, 3.8) is 0 Å². The molecule has 3 rings (SSSR count). The molecular formula is C19H23N. The Morgan fingerprint density at radius 3 is 2.20 bits per heavy atom. The van der Waals surface area contributed by atoms with Gasteiger partial charge in [0.15, 0.2) is 0 Å². The minimum absolute atomic E-state index is 0.445. The average molecular weight is 265 g/mol. The third-order valence-electron chi connectivity index (χ3n) is 4.46. The Hall–Kier alpha value is -1.60. The normalized spacial score (nSPS) is 16.6. The highest BCUT2D eigenvalue weighted by atomic mass is 14.9. The monoisotopic (exact) mass is 265 g/mol. The molecule has 0 amide bonds. The van der Waals surface area contributed by atoms with Gasteiger partial charge in [-0.15, -0.1) is 0 Å². The lowest BCUT2D eigenvalue weighted by atomic mass is 9.85. The van der Waals surface area contributed by atoms with Gasteiger partial charge in [0.25, 0.3) is 0 Å². The Bertz CT molecular complexity index is 525. The van der Waals surface area contributed by atoms with Gasteiger partial charge in [-0.25, -0.2) is 0 Å². The lowest BCUT2D eigenvalue weighted by Crippen LogP contribution is -2.29. The van der Waals surface area contributed by atoms with Crippen molar-refractivity contribution >= 4 is 0 Å². The Labute approximate surface area is 122 Å². The molecule has 1 nitrogen and oxygen atoms in total. The zero-order valence-electron chi connectivity index (χ0n) is 12.2. The van der Waals surface area contributed by atoms with Crippen molar-refractivity contribution in [2.75, 3.05) is 6.54 Å². The summed E-state index contributed by atoms with van der Waals surface area (Å²) in [5.74, 6) is 0.918. The standard InChI is InChI=1S/C19H23N/c1-15(20-14-16-6-5-7-16)17-10-12-19(13-11-17)18-8-3-2-4-9-18/h2-4,8-13,15-16,20H,5-7,14H2,1H3. The van der Waals surface area contributed by atoms with Gasteiger partial charge in [0.05, 0.1) is 0 Å². The van der Waals surface area contributed by atoms with Crippen molar-refractivity contribution in [1.82, 2.24) is 5.32 Å². The van der Waals surface area contributed by atoms with Crippen LogP contribution >= 0.6 is 0 Å². The van der Waals surface area contributed by atoms with Crippen LogP contribution in [0.5, 0.6) is 0 Å². The minimum Gasteiger partial charge on any atom is -0.310 e. The molecule has 1 unspecified atom stereocenters. The number of rotatable bonds is 5. The SMILES string of the molecule is CC(NCC1CCC1)c1ccc(-c2ccccc2)cc1. The van der Waals surface area contributed by atoms with E-state index in [1.807, 2.05) is 0 Å². The summed E-state index contributed by atoms with van der Waals surface area (Å²) in [4.78, 5) is 0. The fraction of sp³-hybridized carbons (Fsp3) is 0.368. The van der Waals surface area contributed by atoms with Crippen LogP contribution in [0, 0.1) is 5.92 Å². The number of benzene rings is 2. The van der Waals surface area contributed by atoms with Crippen LogP contribution in [0.2, 0.25) is 0 Å². The predicted molar refractivity (Wildman–Crippen MR) is 85.6 cm³/mol. The van der Waals surface area contributed by atoms with Crippen molar-refractivity contribution < 1.29 is 0 Å². The molecule has 0 saturated heterocycles. The van der Waals surface area contributed by atoms with Crippen LogP contribution in [-0.4, -0.2) is 6.54 Å². The smallest absolute Gasteiger partial charge is 0.0291 e. The van der Waals surface area contributed by atoms with Crippen LogP contribution in [0.15, 0.2) is 54.6 Å². The topological polar surface area (TPSA) is 12.0 Å². The first-order chi connectivity index (χ1) is 9.83. The molecule has 1 aliphatic carbocycles. The second-order valence-corrected chi connectivity index (χ2v) is 5.91. The Kier molecular flexibility index (Phi) is 4.17. The number of nitrogens with one attached hydrogen (secondary N) is 1. The van der Waals surface area contributed by atoms with Crippen molar-refractivity contribution in [2.24, 2.45) is 5.92 Å². The van der Waals surface area contributed by atoms with Crippen molar-refractivity contribution in [3.8, 4) is 11.1 Å². The van der Waals surface area contributed by atoms with E-state index in [1.165, 1.54) is 42.5 Å². The molecule has 1 fully saturated rings. The van der Waals surface area contributed by atoms with Crippen molar-refractivity contribution in [2.45, 2.75) is 32.2 Å². The first-order valence-electron chi connectivity index (χ1n) is 7.72. The molecule has 0 bridgehead atoms. The molecule has 2 aromatic carbocycles. The fourth-order valence-electron chi connectivity index (χ4n) is 2.75. The Morgan fingerprint density at radius 1 is 0.950 bits per heavy atom. The summed E-state index contributed by atoms with van der Waals surface area (Å²) in [6.45, 7) is 3.43. The molecule has 0 aromatic heterocycles. The van der Waals surface area contributed by atoms with E-state index in [0.717, 1.165) is 5.92 Å². The molecular weight excluding hydrogens is 242 g/mol. The van der Waals surface area contributed by atoms with E-state index in [0.29, 0.717) is 6.04 Å². The van der Waals surface area contributed by atoms with E-state index < -0.39 is 0 Å². The van der Waals surface area contributed by atoms with Crippen LogP contribution in [-0.2, 0) is 0 Å². The summed E-state index contributed by atoms with van der Waals surface area (Å²) in [5, 5.41) is 3.66. The molecule has 104 valence electrons. The van der Waals surface area contributed by atoms with Crippen LogP contribution < -0.4 is 5.32 Å². The van der Waals surface area contributed by atoms with Gasteiger partial charge in [-0.1, -0.05) is 61.0 Å². The van der Waals surface area contributed by atoms with Crippen molar-refractivity contribution in [3.05, 3.63) is 60.2 Å². The molecule has 2 aromatic rings. The molecule has 0 spiro atoms. The lowest BCUT2D eigenvalue weighted by molar-refractivity contribution is 0.292. The maximum absolute atomic E-state index is 3.66. The summed E-state index contributed by atoms with van der Waals surface area (Å²) >= 11 is 0. The molecule has 1 saturated carbocycles. The highest BCUT2D eigenvalue weighted by Gasteiger charge is 2.17. The third-order valence-corrected chi connectivity index (χ3v) is 4.46. The highest BCUT2D eigenvalue weighted by molar-refractivity contribution is 5.63. The fourth-order valence-corrected chi connectivity index (χ4v) is 2.75. The van der Waals surface area contributed by atoms with Crippen LogP contribution in [0.1, 0.15) is 37.8 Å². The van der Waals surface area contributed by atoms with E-state index in [2.05, 4.69) is 66.8 Å². The quantitative estimate of drug-likeness (QED) is 0.818. The zero-order valence-corrected chi connectivity index (χ0v) is 12.2. The summed E-state index contributed by atoms with van der Waals surface area (Å²) in [6.07, 6.45) is 4.24. The molecule has 1 N–H and O–H groups in total. The largest absolute Gasteiger partial charge is 0.310 e. The molecule has 1 atom stereocenters. The summed E-state index contributed by atoms with van der Waals surface area (Å²) in [6, 6.07) is 20.0. The highest BCUT2D eigenvalue weighted by Crippen LogP contribution is 2.26. The van der Waals surface area contributed by atoms with Gasteiger partial charge in [-0.2, -0.15) is 0 Å². The van der Waals surface area contributed by atoms with E-state index in [1.54, 1.807) is 0 Å². The summed E-state index contributed by atoms with van der Waals surface area (Å²) in [7, 11) is 0. The average Bonchev–Trinajstić information content (AvgIpc) is 2.46. The Balaban J connectivity index is 1.63. The van der Waals surface area contributed by atoms with Gasteiger partial charge in [-0.3, -0.25) is 0 Å². The maximum Gasteiger partial charge on any atom is 0.0291 e. The summed E-state index contributed by atoms with van der Waals surface area (Å²) < 4.78 is 0. The number of hydrogen-bond donors (Lipinski definition) is 1. The lowest BCUT2D eigenvalue weighted by Gasteiger charge is -2.27. The number of hydrogen-bond acceptors (Lipinski definition) is 1. The van der Waals surface area contributed by atoms with Gasteiger partial charge < -0.3 is 5.32 Å². The van der Waals surface area contributed by atoms with Crippen LogP contribution in [0.25, 0.3) is 11.1 Å². The van der Waals surface area contributed by atoms with Gasteiger partial charge in [0.1, 0.15) is 0 Å². The second-order valence-electron chi connectivity index (χ2n) is 5.91. The zero-order chi connectivity index (χ0) is 13.8. The van der Waals surface area contributed by atoms with E-state index in [4.69, 9.17) is 0 Å². The third kappa shape index (κ3) is 3.10. The van der Waals surface area contributed by atoms with Gasteiger partial charge in [-0.05, 0) is 48.9 Å². The maximum atomic E-state index is 3.66. The molecule has 0 radical (unpaired) electrons. The first-order valence-corrected chi connectivity index (χ1v) is 7.72. The molecule has 1 heteroatoms. The second kappa shape index (κ2) is 6.23. The first kappa shape index (κ1) is 13.4. The molecule has 0 heterocycles. The molecule has 20 heavy (non-hydrogen) atoms. The van der Waals surface area contributed by atoms with Gasteiger partial charge >= 0.3 is 0 Å². The van der Waals surface area contributed by atoms with E-state index in [-0.39, 0.29) is 0 Å². The van der Waals surface area contributed by atoms with E-state index in [9.17, 15) is 0 Å². The summed E-state index contributed by atoms with van der Waals surface area (Å²) in [5.41, 5.74) is 3.96. The van der Waals surface area contributed by atoms with Crippen LogP contribution in [0.3, 0.4) is 0 Å². The van der Waals surface area contributed by atoms with E-state index >= 15 is 0 Å². The molecule has 1 aliphatic rings. The molecule has 0 aliphatic heterocycles. The van der Waals surface area contributed by atoms with Gasteiger partial charge in [0.2, 0.25) is 0 Å². The van der Waals surface area contributed by atoms with Crippen LogP contribution in [0.4, 0.5) is 0 Å². The minimum atomic E-state index is 0.445.